The molecule has 3 aromatic rings. The van der Waals surface area contributed by atoms with Crippen LogP contribution in [-0.2, 0) is 4.79 Å². The van der Waals surface area contributed by atoms with Crippen molar-refractivity contribution in [3.05, 3.63) is 52.9 Å². The zero-order valence-corrected chi connectivity index (χ0v) is 16.5. The molecule has 0 spiro atoms. The van der Waals surface area contributed by atoms with Crippen LogP contribution in [-0.4, -0.2) is 43.6 Å². The van der Waals surface area contributed by atoms with Crippen molar-refractivity contribution in [3.8, 4) is 5.75 Å². The van der Waals surface area contributed by atoms with E-state index in [0.717, 1.165) is 23.7 Å². The summed E-state index contributed by atoms with van der Waals surface area (Å²) in [7, 11) is 0. The summed E-state index contributed by atoms with van der Waals surface area (Å²) >= 11 is 0. The second kappa shape index (κ2) is 9.09. The summed E-state index contributed by atoms with van der Waals surface area (Å²) in [4.78, 5) is 26.6. The maximum absolute atomic E-state index is 12.2. The molecule has 0 unspecified atom stereocenters. The lowest BCUT2D eigenvalue weighted by molar-refractivity contribution is -0.123. The van der Waals surface area contributed by atoms with Crippen LogP contribution in [0.5, 0.6) is 5.75 Å². The number of nitrogens with one attached hydrogen (secondary N) is 1. The van der Waals surface area contributed by atoms with Crippen LogP contribution in [0.2, 0.25) is 0 Å². The molecule has 0 atom stereocenters. The Balaban J connectivity index is 1.30. The van der Waals surface area contributed by atoms with Crippen molar-refractivity contribution in [2.24, 2.45) is 0 Å². The summed E-state index contributed by atoms with van der Waals surface area (Å²) in [5.74, 6) is 0.350. The summed E-state index contributed by atoms with van der Waals surface area (Å²) in [6.45, 7) is 3.96. The van der Waals surface area contributed by atoms with E-state index in [4.69, 9.17) is 9.15 Å². The number of amides is 1. The number of fused-ring (bicyclic) bond motifs is 3. The third kappa shape index (κ3) is 4.77. The molecule has 0 bridgehead atoms. The van der Waals surface area contributed by atoms with E-state index in [-0.39, 0.29) is 18.1 Å². The number of ether oxygens (including phenoxy) is 1. The van der Waals surface area contributed by atoms with E-state index in [0.29, 0.717) is 23.3 Å². The Bertz CT molecular complexity index is 1050. The third-order valence-corrected chi connectivity index (χ3v) is 5.38. The Labute approximate surface area is 169 Å². The van der Waals surface area contributed by atoms with Gasteiger partial charge < -0.3 is 19.4 Å². The van der Waals surface area contributed by atoms with Crippen LogP contribution in [0.4, 0.5) is 0 Å². The van der Waals surface area contributed by atoms with E-state index in [9.17, 15) is 9.59 Å². The lowest BCUT2D eigenvalue weighted by atomic mass is 10.1. The fourth-order valence-electron chi connectivity index (χ4n) is 3.86. The lowest BCUT2D eigenvalue weighted by Crippen LogP contribution is -2.34. The zero-order chi connectivity index (χ0) is 20.1. The number of likely N-dealkylation sites (tertiary alicyclic amines) is 1. The van der Waals surface area contributed by atoms with Crippen LogP contribution in [0.3, 0.4) is 0 Å². The fourth-order valence-corrected chi connectivity index (χ4v) is 3.86. The van der Waals surface area contributed by atoms with Crippen molar-refractivity contribution < 1.29 is 13.9 Å². The van der Waals surface area contributed by atoms with Gasteiger partial charge in [0.15, 0.2) is 6.61 Å². The highest BCUT2D eigenvalue weighted by Crippen LogP contribution is 2.26. The zero-order valence-electron chi connectivity index (χ0n) is 16.5. The smallest absolute Gasteiger partial charge is 0.344 e. The number of piperidine rings is 1. The SMILES string of the molecule is O=C(COc1ccc2c(c1)oc(=O)c1ccccc12)NCCCN1CCCCC1. The van der Waals surface area contributed by atoms with Gasteiger partial charge in [-0.1, -0.05) is 24.6 Å². The van der Waals surface area contributed by atoms with Gasteiger partial charge in [-0.05, 0) is 62.5 Å². The van der Waals surface area contributed by atoms with Crippen LogP contribution < -0.4 is 15.7 Å². The topological polar surface area (TPSA) is 71.8 Å². The first kappa shape index (κ1) is 19.5. The molecule has 1 saturated heterocycles. The number of carbonyl (C=O) groups is 1. The Kier molecular flexibility index (Phi) is 6.10. The molecule has 152 valence electrons. The van der Waals surface area contributed by atoms with Crippen molar-refractivity contribution in [3.63, 3.8) is 0 Å². The van der Waals surface area contributed by atoms with Crippen LogP contribution >= 0.6 is 0 Å². The maximum atomic E-state index is 12.2. The first-order valence-corrected chi connectivity index (χ1v) is 10.3. The van der Waals surface area contributed by atoms with Crippen LogP contribution in [0.15, 0.2) is 51.7 Å². The van der Waals surface area contributed by atoms with Gasteiger partial charge in [0.25, 0.3) is 5.91 Å². The molecule has 29 heavy (non-hydrogen) atoms. The summed E-state index contributed by atoms with van der Waals surface area (Å²) in [6, 6.07) is 12.7. The van der Waals surface area contributed by atoms with Crippen LogP contribution in [0.25, 0.3) is 21.7 Å². The molecule has 1 aliphatic rings. The van der Waals surface area contributed by atoms with Crippen LogP contribution in [0.1, 0.15) is 25.7 Å². The molecule has 2 heterocycles. The molecular formula is C23H26N2O4. The molecule has 1 amide bonds. The average Bonchev–Trinajstić information content (AvgIpc) is 2.76. The average molecular weight is 394 g/mol. The minimum absolute atomic E-state index is 0.0625. The predicted molar refractivity (Wildman–Crippen MR) is 113 cm³/mol. The van der Waals surface area contributed by atoms with Gasteiger partial charge in [0.2, 0.25) is 0 Å². The predicted octanol–water partition coefficient (Wildman–Crippen LogP) is 3.32. The fraction of sp³-hybridized carbons (Fsp3) is 0.391. The second-order valence-electron chi connectivity index (χ2n) is 7.49. The van der Waals surface area contributed by atoms with Gasteiger partial charge in [0.05, 0.1) is 5.39 Å². The van der Waals surface area contributed by atoms with Crippen molar-refractivity contribution >= 4 is 27.6 Å². The van der Waals surface area contributed by atoms with Gasteiger partial charge in [-0.2, -0.15) is 0 Å². The van der Waals surface area contributed by atoms with Crippen molar-refractivity contribution in [2.75, 3.05) is 32.8 Å². The van der Waals surface area contributed by atoms with Gasteiger partial charge in [-0.25, -0.2) is 4.79 Å². The van der Waals surface area contributed by atoms with E-state index >= 15 is 0 Å². The molecule has 0 radical (unpaired) electrons. The van der Waals surface area contributed by atoms with Crippen molar-refractivity contribution in [2.45, 2.75) is 25.7 Å². The number of rotatable bonds is 7. The normalized spacial score (nSPS) is 14.9. The van der Waals surface area contributed by atoms with E-state index in [2.05, 4.69) is 10.2 Å². The molecule has 1 fully saturated rings. The summed E-state index contributed by atoms with van der Waals surface area (Å²) in [5, 5.41) is 5.14. The van der Waals surface area contributed by atoms with Crippen molar-refractivity contribution in [1.82, 2.24) is 10.2 Å². The molecule has 2 aromatic carbocycles. The van der Waals surface area contributed by atoms with Crippen LogP contribution in [0, 0.1) is 0 Å². The molecule has 6 heteroatoms. The first-order valence-electron chi connectivity index (χ1n) is 10.3. The second-order valence-corrected chi connectivity index (χ2v) is 7.49. The summed E-state index contributed by atoms with van der Waals surface area (Å²) in [5.41, 5.74) is 0.0739. The number of hydrogen-bond acceptors (Lipinski definition) is 5. The monoisotopic (exact) mass is 394 g/mol. The number of hydrogen-bond donors (Lipinski definition) is 1. The van der Waals surface area contributed by atoms with Gasteiger partial charge in [-0.15, -0.1) is 0 Å². The minimum Gasteiger partial charge on any atom is -0.484 e. The third-order valence-electron chi connectivity index (χ3n) is 5.38. The van der Waals surface area contributed by atoms with Crippen molar-refractivity contribution in [1.29, 1.82) is 0 Å². The number of nitrogens with zero attached hydrogens (tertiary/aromatic N) is 1. The highest BCUT2D eigenvalue weighted by molar-refractivity contribution is 6.04. The Morgan fingerprint density at radius 2 is 1.83 bits per heavy atom. The Hall–Kier alpha value is -2.86. The van der Waals surface area contributed by atoms with Gasteiger partial charge in [0.1, 0.15) is 11.3 Å². The van der Waals surface area contributed by atoms with E-state index < -0.39 is 0 Å². The van der Waals surface area contributed by atoms with E-state index in [1.54, 1.807) is 18.2 Å². The molecule has 4 rings (SSSR count). The largest absolute Gasteiger partial charge is 0.484 e. The number of carbonyl (C=O) groups excluding carboxylic acids is 1. The highest BCUT2D eigenvalue weighted by atomic mass is 16.5. The molecule has 0 saturated carbocycles. The number of benzene rings is 2. The lowest BCUT2D eigenvalue weighted by Gasteiger charge is -2.26. The quantitative estimate of drug-likeness (QED) is 0.378. The Morgan fingerprint density at radius 1 is 1.03 bits per heavy atom. The first-order chi connectivity index (χ1) is 14.2. The standard InChI is InChI=1S/C23H26N2O4/c26-22(24-11-6-14-25-12-4-1-5-13-25)16-28-17-9-10-19-18-7-2-3-8-20(18)23(27)29-21(19)15-17/h2-3,7-10,15H,1,4-6,11-14,16H2,(H,24,26). The minimum atomic E-state index is -0.378. The summed E-state index contributed by atoms with van der Waals surface area (Å²) in [6.07, 6.45) is 4.84. The summed E-state index contributed by atoms with van der Waals surface area (Å²) < 4.78 is 11.0. The Morgan fingerprint density at radius 3 is 2.66 bits per heavy atom. The van der Waals surface area contributed by atoms with Gasteiger partial charge in [0, 0.05) is 18.0 Å². The molecule has 0 aliphatic carbocycles. The van der Waals surface area contributed by atoms with Gasteiger partial charge >= 0.3 is 5.63 Å². The maximum Gasteiger partial charge on any atom is 0.344 e. The van der Waals surface area contributed by atoms with E-state index in [1.165, 1.54) is 32.4 Å². The molecule has 1 aliphatic heterocycles. The highest BCUT2D eigenvalue weighted by Gasteiger charge is 2.11. The molecule has 1 N–H and O–H groups in total. The van der Waals surface area contributed by atoms with Gasteiger partial charge in [-0.3, -0.25) is 4.79 Å². The molecular weight excluding hydrogens is 368 g/mol. The molecule has 6 nitrogen and oxygen atoms in total. The van der Waals surface area contributed by atoms with E-state index in [1.807, 2.05) is 24.3 Å². The molecule has 1 aromatic heterocycles.